The maximum absolute atomic E-state index is 12.8. The zero-order valence-electron chi connectivity index (χ0n) is 37.9. The second-order valence-electron chi connectivity index (χ2n) is 15.8. The minimum atomic E-state index is -0.859. The van der Waals surface area contributed by atoms with Crippen molar-refractivity contribution in [2.24, 2.45) is 11.8 Å². The third-order valence-electron chi connectivity index (χ3n) is 9.95. The molecule has 348 valence electrons. The van der Waals surface area contributed by atoms with Crippen LogP contribution in [0.3, 0.4) is 0 Å². The summed E-state index contributed by atoms with van der Waals surface area (Å²) in [6.07, 6.45) is 32.4. The fourth-order valence-corrected chi connectivity index (χ4v) is 6.36. The largest absolute Gasteiger partial charge is 0.508 e. The van der Waals surface area contributed by atoms with E-state index in [1.54, 1.807) is 0 Å². The number of carbonyl (C=O) groups is 5. The van der Waals surface area contributed by atoms with Crippen molar-refractivity contribution in [3.8, 4) is 0 Å². The topological polar surface area (TPSA) is 141 Å². The van der Waals surface area contributed by atoms with Gasteiger partial charge in [0.2, 0.25) is 0 Å². The second-order valence-corrected chi connectivity index (χ2v) is 16.6. The fourth-order valence-electron chi connectivity index (χ4n) is 6.20. The molecule has 12 heteroatoms. The van der Waals surface area contributed by atoms with Gasteiger partial charge in [-0.2, -0.15) is 0 Å². The fraction of sp³-hybridized carbons (Fsp3) is 0.812. The smallest absolute Gasteiger partial charge is 0.465 e. The number of hydrogen-bond acceptors (Lipinski definition) is 11. The average molecular weight is 916 g/mol. The Morgan fingerprint density at radius 3 is 1.25 bits per heavy atom. The first-order valence-electron chi connectivity index (χ1n) is 23.5. The highest BCUT2D eigenvalue weighted by Gasteiger charge is 2.20. The molecule has 0 aromatic rings. The molecule has 0 aliphatic rings. The molecule has 0 rings (SSSR count). The minimum Gasteiger partial charge on any atom is -0.465 e. The molecule has 0 aromatic carbocycles. The van der Waals surface area contributed by atoms with E-state index in [1.807, 2.05) is 0 Å². The van der Waals surface area contributed by atoms with E-state index in [-0.39, 0.29) is 76.3 Å². The molecular formula is C48H83BrO11. The van der Waals surface area contributed by atoms with Gasteiger partial charge in [0.25, 0.3) is 0 Å². The monoisotopic (exact) mass is 915 g/mol. The highest BCUT2D eigenvalue weighted by molar-refractivity contribution is 9.09. The van der Waals surface area contributed by atoms with E-state index in [0.29, 0.717) is 31.0 Å². The summed E-state index contributed by atoms with van der Waals surface area (Å²) in [6, 6.07) is 0. The molecule has 0 fully saturated rings. The van der Waals surface area contributed by atoms with Crippen LogP contribution < -0.4 is 0 Å². The molecule has 0 aliphatic carbocycles. The van der Waals surface area contributed by atoms with Gasteiger partial charge >= 0.3 is 30.0 Å². The summed E-state index contributed by atoms with van der Waals surface area (Å²) in [5.41, 5.74) is 0. The van der Waals surface area contributed by atoms with Crippen LogP contribution in [0.4, 0.5) is 4.79 Å². The van der Waals surface area contributed by atoms with Crippen molar-refractivity contribution in [3.05, 3.63) is 24.3 Å². The number of allylic oxidation sites excluding steroid dienone is 4. The predicted molar refractivity (Wildman–Crippen MR) is 242 cm³/mol. The van der Waals surface area contributed by atoms with Gasteiger partial charge in [0.05, 0.1) is 19.1 Å². The van der Waals surface area contributed by atoms with Gasteiger partial charge in [-0.15, -0.1) is 0 Å². The summed E-state index contributed by atoms with van der Waals surface area (Å²) in [6.45, 7) is 6.53. The van der Waals surface area contributed by atoms with E-state index < -0.39 is 18.0 Å². The van der Waals surface area contributed by atoms with Crippen LogP contribution in [0.5, 0.6) is 0 Å². The molecule has 11 nitrogen and oxygen atoms in total. The van der Waals surface area contributed by atoms with E-state index in [0.717, 1.165) is 109 Å². The molecule has 0 aromatic heterocycles. The molecule has 0 N–H and O–H groups in total. The van der Waals surface area contributed by atoms with Gasteiger partial charge in [-0.3, -0.25) is 19.2 Å². The van der Waals surface area contributed by atoms with Gasteiger partial charge in [0.15, 0.2) is 0 Å². The molecule has 0 spiro atoms. The molecule has 0 saturated heterocycles. The standard InChI is InChI=1S/C48H83BrO11/c1-4-7-10-13-14-15-16-17-18-19-20-21-22-25-28-33-46(52)58-39-43(41-60-48(54)55-36-35-49)40-59-47(53)34-29-30-42(37-56-44(50)31-26-23-11-8-5-2)38-57-45(51)32-27-24-12-9-6-3/h14-15,17-18,42-43H,4-13,16,19-41H2,1-3H3/b15-14-,18-17-. The number of unbranched alkanes of at least 4 members (excludes halogenated alkanes) is 16. The van der Waals surface area contributed by atoms with Crippen LogP contribution in [0, 0.1) is 11.8 Å². The van der Waals surface area contributed by atoms with Crippen LogP contribution in [-0.4, -0.2) is 75.0 Å². The van der Waals surface area contributed by atoms with Gasteiger partial charge in [-0.05, 0) is 64.2 Å². The summed E-state index contributed by atoms with van der Waals surface area (Å²) in [5.74, 6) is -2.18. The van der Waals surface area contributed by atoms with E-state index >= 15 is 0 Å². The normalized spacial score (nSPS) is 11.9. The quantitative estimate of drug-likeness (QED) is 0.0190. The van der Waals surface area contributed by atoms with Gasteiger partial charge in [-0.25, -0.2) is 4.79 Å². The first kappa shape index (κ1) is 57.1. The van der Waals surface area contributed by atoms with Gasteiger partial charge < -0.3 is 28.4 Å². The van der Waals surface area contributed by atoms with Crippen LogP contribution >= 0.6 is 15.9 Å². The SMILES string of the molecule is CCCCC/C=C\C/C=C\CCCCCCCC(=O)OCC(COC(=O)CCCC(COC(=O)CCCCCCC)COC(=O)CCCCCCC)COC(=O)OCCBr. The Kier molecular flexibility index (Phi) is 42.0. The van der Waals surface area contributed by atoms with Crippen molar-refractivity contribution in [2.75, 3.05) is 45.0 Å². The summed E-state index contributed by atoms with van der Waals surface area (Å²) in [4.78, 5) is 62.1. The van der Waals surface area contributed by atoms with Crippen molar-refractivity contribution in [3.63, 3.8) is 0 Å². The Morgan fingerprint density at radius 1 is 0.417 bits per heavy atom. The lowest BCUT2D eigenvalue weighted by molar-refractivity contribution is -0.152. The zero-order chi connectivity index (χ0) is 44.2. The summed E-state index contributed by atoms with van der Waals surface area (Å²) in [5, 5.41) is 0.457. The first-order chi connectivity index (χ1) is 29.2. The van der Waals surface area contributed by atoms with Crippen LogP contribution in [0.15, 0.2) is 24.3 Å². The Bertz CT molecular complexity index is 1100. The lowest BCUT2D eigenvalue weighted by atomic mass is 10.0. The summed E-state index contributed by atoms with van der Waals surface area (Å²) >= 11 is 3.19. The Balaban J connectivity index is 4.77. The Labute approximate surface area is 372 Å². The van der Waals surface area contributed by atoms with E-state index in [2.05, 4.69) is 61.0 Å². The molecule has 0 aliphatic heterocycles. The number of ether oxygens (including phenoxy) is 6. The maximum atomic E-state index is 12.8. The molecule has 60 heavy (non-hydrogen) atoms. The third kappa shape index (κ3) is 40.5. The van der Waals surface area contributed by atoms with E-state index in [4.69, 9.17) is 28.4 Å². The highest BCUT2D eigenvalue weighted by Crippen LogP contribution is 2.15. The third-order valence-corrected chi connectivity index (χ3v) is 10.3. The van der Waals surface area contributed by atoms with Gasteiger partial charge in [0.1, 0.15) is 26.4 Å². The zero-order valence-corrected chi connectivity index (χ0v) is 39.5. The maximum Gasteiger partial charge on any atom is 0.508 e. The molecule has 0 amide bonds. The number of hydrogen-bond donors (Lipinski definition) is 0. The Morgan fingerprint density at radius 2 is 0.783 bits per heavy atom. The van der Waals surface area contributed by atoms with Crippen molar-refractivity contribution in [2.45, 2.75) is 194 Å². The molecule has 0 heterocycles. The van der Waals surface area contributed by atoms with Crippen LogP contribution in [0.2, 0.25) is 0 Å². The molecular weight excluding hydrogens is 832 g/mol. The Hall–Kier alpha value is -2.89. The van der Waals surface area contributed by atoms with E-state index in [9.17, 15) is 24.0 Å². The van der Waals surface area contributed by atoms with Crippen LogP contribution in [0.25, 0.3) is 0 Å². The van der Waals surface area contributed by atoms with E-state index in [1.165, 1.54) is 25.7 Å². The minimum absolute atomic E-state index is 0.0753. The molecule has 0 bridgehead atoms. The molecule has 0 radical (unpaired) electrons. The van der Waals surface area contributed by atoms with Crippen molar-refractivity contribution in [1.82, 2.24) is 0 Å². The number of alkyl halides is 1. The van der Waals surface area contributed by atoms with Crippen LogP contribution in [-0.2, 0) is 47.6 Å². The number of rotatable bonds is 42. The average Bonchev–Trinajstić information content (AvgIpc) is 3.24. The van der Waals surface area contributed by atoms with Crippen molar-refractivity contribution >= 4 is 46.0 Å². The number of esters is 4. The lowest BCUT2D eigenvalue weighted by Crippen LogP contribution is -2.27. The summed E-state index contributed by atoms with van der Waals surface area (Å²) < 4.78 is 32.2. The first-order valence-corrected chi connectivity index (χ1v) is 24.7. The summed E-state index contributed by atoms with van der Waals surface area (Å²) in [7, 11) is 0. The second kappa shape index (κ2) is 44.2. The number of carbonyl (C=O) groups excluding carboxylic acids is 5. The predicted octanol–water partition coefficient (Wildman–Crippen LogP) is 12.6. The highest BCUT2D eigenvalue weighted by atomic mass is 79.9. The lowest BCUT2D eigenvalue weighted by Gasteiger charge is -2.18. The van der Waals surface area contributed by atoms with Gasteiger partial charge in [-0.1, -0.05) is 144 Å². The van der Waals surface area contributed by atoms with Gasteiger partial charge in [0, 0.05) is 36.9 Å². The molecule has 1 unspecified atom stereocenters. The number of halogens is 1. The molecule has 1 atom stereocenters. The van der Waals surface area contributed by atoms with Crippen molar-refractivity contribution < 1.29 is 52.4 Å². The van der Waals surface area contributed by atoms with Crippen LogP contribution in [0.1, 0.15) is 194 Å². The molecule has 0 saturated carbocycles. The van der Waals surface area contributed by atoms with Crippen molar-refractivity contribution in [1.29, 1.82) is 0 Å².